The van der Waals surface area contributed by atoms with E-state index in [9.17, 15) is 18.0 Å². The van der Waals surface area contributed by atoms with Crippen LogP contribution in [0, 0.1) is 17.8 Å². The molecule has 0 aliphatic heterocycles. The van der Waals surface area contributed by atoms with Crippen molar-refractivity contribution in [1.29, 1.82) is 0 Å². The molecule has 0 radical (unpaired) electrons. The van der Waals surface area contributed by atoms with Gasteiger partial charge in [0.1, 0.15) is 5.56 Å². The minimum atomic E-state index is -1.32. The summed E-state index contributed by atoms with van der Waals surface area (Å²) < 4.78 is 36.9. The highest BCUT2D eigenvalue weighted by molar-refractivity contribution is 5.87. The zero-order valence-corrected chi connectivity index (χ0v) is 12.2. The van der Waals surface area contributed by atoms with E-state index in [0.29, 0.717) is 5.69 Å². The molecule has 2 heterocycles. The first-order valence-electron chi connectivity index (χ1n) is 6.70. The van der Waals surface area contributed by atoms with Gasteiger partial charge in [-0.2, -0.15) is 18.2 Å². The minimum absolute atomic E-state index is 0.417. The first kappa shape index (κ1) is 17.1. The summed E-state index contributed by atoms with van der Waals surface area (Å²) in [5.41, 5.74) is 0.751. The summed E-state index contributed by atoms with van der Waals surface area (Å²) in [7, 11) is 0. The molecule has 0 saturated heterocycles. The van der Waals surface area contributed by atoms with Crippen LogP contribution in [-0.4, -0.2) is 21.0 Å². The highest BCUT2D eigenvalue weighted by atomic mass is 19.1. The van der Waals surface area contributed by atoms with E-state index < -0.39 is 29.4 Å². The molecular weight excluding hydrogens is 321 g/mol. The van der Waals surface area contributed by atoms with Gasteiger partial charge in [-0.1, -0.05) is 36.4 Å². The standard InChI is InChI=1S/C12H8FNO2.C5H3F2N/c13-11-9(12(15)16)6-7-10(14-11)8-4-2-1-3-5-8;6-4-2-1-3-5(7)8-4/h1-7H,(H,15,16);1-3H. The fraction of sp³-hybridized carbons (Fsp3) is 0. The van der Waals surface area contributed by atoms with Crippen molar-refractivity contribution >= 4 is 5.97 Å². The fourth-order valence-electron chi connectivity index (χ4n) is 1.75. The van der Waals surface area contributed by atoms with Crippen LogP contribution in [0.3, 0.4) is 0 Å². The smallest absolute Gasteiger partial charge is 0.340 e. The predicted molar refractivity (Wildman–Crippen MR) is 80.7 cm³/mol. The Morgan fingerprint density at radius 3 is 1.88 bits per heavy atom. The van der Waals surface area contributed by atoms with Gasteiger partial charge in [0.2, 0.25) is 17.8 Å². The Hall–Kier alpha value is -3.22. The van der Waals surface area contributed by atoms with E-state index in [1.165, 1.54) is 18.2 Å². The van der Waals surface area contributed by atoms with Gasteiger partial charge in [0, 0.05) is 5.56 Å². The number of carboxylic acid groups (broad SMARTS) is 1. The van der Waals surface area contributed by atoms with Gasteiger partial charge in [-0.3, -0.25) is 0 Å². The Morgan fingerprint density at radius 2 is 1.42 bits per heavy atom. The quantitative estimate of drug-likeness (QED) is 0.722. The molecule has 1 aromatic carbocycles. The molecule has 3 aromatic rings. The maximum atomic E-state index is 13.3. The molecule has 0 aliphatic carbocycles. The molecule has 0 aliphatic rings. The maximum Gasteiger partial charge on any atom is 0.340 e. The molecule has 0 unspecified atom stereocenters. The van der Waals surface area contributed by atoms with E-state index in [-0.39, 0.29) is 0 Å². The molecule has 1 N–H and O–H groups in total. The molecule has 0 atom stereocenters. The zero-order valence-electron chi connectivity index (χ0n) is 12.2. The van der Waals surface area contributed by atoms with E-state index >= 15 is 0 Å². The second kappa shape index (κ2) is 7.87. The van der Waals surface area contributed by atoms with Gasteiger partial charge >= 0.3 is 5.97 Å². The molecular formula is C17H11F3N2O2. The van der Waals surface area contributed by atoms with E-state index in [2.05, 4.69) is 9.97 Å². The molecule has 4 nitrogen and oxygen atoms in total. The maximum absolute atomic E-state index is 13.3. The van der Waals surface area contributed by atoms with Gasteiger partial charge in [-0.05, 0) is 24.3 Å². The third kappa shape index (κ3) is 4.64. The average molecular weight is 332 g/mol. The number of halogens is 3. The van der Waals surface area contributed by atoms with Crippen LogP contribution in [0.15, 0.2) is 60.7 Å². The second-order valence-corrected chi connectivity index (χ2v) is 4.49. The monoisotopic (exact) mass is 332 g/mol. The largest absolute Gasteiger partial charge is 0.478 e. The Labute approximate surface area is 135 Å². The van der Waals surface area contributed by atoms with Crippen molar-refractivity contribution in [2.75, 3.05) is 0 Å². The van der Waals surface area contributed by atoms with Crippen molar-refractivity contribution in [2.24, 2.45) is 0 Å². The third-order valence-corrected chi connectivity index (χ3v) is 2.83. The molecule has 0 bridgehead atoms. The number of carboxylic acids is 1. The molecule has 122 valence electrons. The van der Waals surface area contributed by atoms with Gasteiger partial charge in [-0.15, -0.1) is 0 Å². The second-order valence-electron chi connectivity index (χ2n) is 4.49. The van der Waals surface area contributed by atoms with Crippen LogP contribution in [0.25, 0.3) is 11.3 Å². The Kier molecular flexibility index (Phi) is 5.62. The number of aromatic carboxylic acids is 1. The van der Waals surface area contributed by atoms with Crippen LogP contribution in [0.4, 0.5) is 13.2 Å². The summed E-state index contributed by atoms with van der Waals surface area (Å²) in [4.78, 5) is 17.0. The summed E-state index contributed by atoms with van der Waals surface area (Å²) in [6, 6.07) is 15.1. The number of aromatic nitrogens is 2. The summed E-state index contributed by atoms with van der Waals surface area (Å²) in [6.45, 7) is 0. The van der Waals surface area contributed by atoms with Crippen LogP contribution in [0.2, 0.25) is 0 Å². The Balaban J connectivity index is 0.000000219. The lowest BCUT2D eigenvalue weighted by atomic mass is 10.1. The van der Waals surface area contributed by atoms with Crippen LogP contribution in [0.5, 0.6) is 0 Å². The van der Waals surface area contributed by atoms with E-state index in [4.69, 9.17) is 5.11 Å². The third-order valence-electron chi connectivity index (χ3n) is 2.83. The lowest BCUT2D eigenvalue weighted by Gasteiger charge is -2.02. The highest BCUT2D eigenvalue weighted by Gasteiger charge is 2.12. The van der Waals surface area contributed by atoms with Crippen molar-refractivity contribution in [3.63, 3.8) is 0 Å². The van der Waals surface area contributed by atoms with Crippen molar-refractivity contribution in [3.8, 4) is 11.3 Å². The minimum Gasteiger partial charge on any atom is -0.478 e. The van der Waals surface area contributed by atoms with Gasteiger partial charge in [0.25, 0.3) is 0 Å². The van der Waals surface area contributed by atoms with Crippen molar-refractivity contribution < 1.29 is 23.1 Å². The van der Waals surface area contributed by atoms with Gasteiger partial charge in [-0.25, -0.2) is 9.78 Å². The van der Waals surface area contributed by atoms with Crippen LogP contribution >= 0.6 is 0 Å². The van der Waals surface area contributed by atoms with Gasteiger partial charge in [0.05, 0.1) is 5.69 Å². The first-order chi connectivity index (χ1) is 11.5. The molecule has 7 heteroatoms. The van der Waals surface area contributed by atoms with Crippen LogP contribution in [0.1, 0.15) is 10.4 Å². The summed E-state index contributed by atoms with van der Waals surface area (Å²) in [5.74, 6) is -3.85. The molecule has 0 spiro atoms. The topological polar surface area (TPSA) is 63.1 Å². The van der Waals surface area contributed by atoms with Crippen molar-refractivity contribution in [2.45, 2.75) is 0 Å². The number of hydrogen-bond acceptors (Lipinski definition) is 3. The zero-order chi connectivity index (χ0) is 17.5. The number of benzene rings is 1. The highest BCUT2D eigenvalue weighted by Crippen LogP contribution is 2.18. The summed E-state index contributed by atoms with van der Waals surface area (Å²) in [5, 5.41) is 8.65. The normalized spacial score (nSPS) is 9.79. The van der Waals surface area contributed by atoms with E-state index in [1.54, 1.807) is 24.3 Å². The van der Waals surface area contributed by atoms with Crippen LogP contribution < -0.4 is 0 Å². The van der Waals surface area contributed by atoms with E-state index in [0.717, 1.165) is 17.7 Å². The van der Waals surface area contributed by atoms with Crippen molar-refractivity contribution in [1.82, 2.24) is 9.97 Å². The fourth-order valence-corrected chi connectivity index (χ4v) is 1.75. The molecule has 0 fully saturated rings. The van der Waals surface area contributed by atoms with Crippen molar-refractivity contribution in [3.05, 3.63) is 84.1 Å². The predicted octanol–water partition coefficient (Wildman–Crippen LogP) is 3.95. The van der Waals surface area contributed by atoms with Gasteiger partial charge in [0.15, 0.2) is 0 Å². The van der Waals surface area contributed by atoms with Gasteiger partial charge < -0.3 is 5.11 Å². The lowest BCUT2D eigenvalue weighted by Crippen LogP contribution is -2.03. The molecule has 0 saturated carbocycles. The Bertz CT molecular complexity index is 825. The molecule has 2 aromatic heterocycles. The summed E-state index contributed by atoms with van der Waals surface area (Å²) >= 11 is 0. The number of pyridine rings is 2. The number of nitrogens with zero attached hydrogens (tertiary/aromatic N) is 2. The van der Waals surface area contributed by atoms with Crippen LogP contribution in [-0.2, 0) is 0 Å². The molecule has 0 amide bonds. The SMILES string of the molecule is Fc1cccc(F)n1.O=C(O)c1ccc(-c2ccccc2)nc1F. The molecule has 3 rings (SSSR count). The first-order valence-corrected chi connectivity index (χ1v) is 6.70. The lowest BCUT2D eigenvalue weighted by molar-refractivity contribution is 0.0691. The van der Waals surface area contributed by atoms with E-state index in [1.807, 2.05) is 6.07 Å². The summed E-state index contributed by atoms with van der Waals surface area (Å²) in [6.07, 6.45) is 0. The number of hydrogen-bond donors (Lipinski definition) is 1. The number of carbonyl (C=O) groups is 1. The molecule has 24 heavy (non-hydrogen) atoms. The average Bonchev–Trinajstić information content (AvgIpc) is 2.55. The number of rotatable bonds is 2. The Morgan fingerprint density at radius 1 is 0.792 bits per heavy atom.